The van der Waals surface area contributed by atoms with Gasteiger partial charge in [-0.1, -0.05) is 54.1 Å². The molecular formula is C49H60N8O4S. The van der Waals surface area contributed by atoms with E-state index in [0.717, 1.165) is 83.4 Å². The van der Waals surface area contributed by atoms with Crippen LogP contribution in [0.25, 0.3) is 32.9 Å². The van der Waals surface area contributed by atoms with Gasteiger partial charge in [-0.05, 0) is 109 Å². The summed E-state index contributed by atoms with van der Waals surface area (Å²) in [4.78, 5) is 32.4. The average Bonchev–Trinajstić information content (AvgIpc) is 3.97. The molecule has 2 saturated heterocycles. The zero-order valence-corrected chi connectivity index (χ0v) is 37.9. The molecule has 3 aromatic carbocycles. The molecule has 12 nitrogen and oxygen atoms in total. The maximum atomic E-state index is 14.0. The number of piperidine rings is 1. The topological polar surface area (TPSA) is 132 Å². The van der Waals surface area contributed by atoms with Gasteiger partial charge in [0, 0.05) is 92.2 Å². The molecule has 0 amide bonds. The van der Waals surface area contributed by atoms with Gasteiger partial charge in [0.25, 0.3) is 15.6 Å². The molecule has 3 aromatic heterocycles. The van der Waals surface area contributed by atoms with E-state index in [4.69, 9.17) is 20.4 Å². The van der Waals surface area contributed by atoms with Crippen LogP contribution in [0, 0.1) is 6.92 Å². The van der Waals surface area contributed by atoms with Crippen LogP contribution in [0.1, 0.15) is 77.1 Å². The molecule has 5 heterocycles. The molecule has 9 rings (SSSR count). The third-order valence-electron chi connectivity index (χ3n) is 13.5. The standard InChI is InChI=1S/C49H60N8O4S/c1-32-13-18-39(19-14-32)62(59,60)57-26-23-40-42(30-53(7)46(58)44(40)57)35-15-20-43-41(27-35)45(49(31-50,61-38-16-17-38)36-11-9-8-10-12-36)52-47(51-43)54-24-21-37(22-25-54)55-28-34(3)56(29-33(55)2)48(4,5)6/h8-15,18-20,23,26-27,30,33-34,37-38H,16-17,21-22,24-25,28-29,31,50H2,1-7H3/t33-,34+,49?/m0/s1. The van der Waals surface area contributed by atoms with Crippen LogP contribution < -0.4 is 16.2 Å². The van der Waals surface area contributed by atoms with Gasteiger partial charge in [0.2, 0.25) is 5.95 Å². The first-order chi connectivity index (χ1) is 29.6. The van der Waals surface area contributed by atoms with Crippen molar-refractivity contribution in [3.63, 3.8) is 0 Å². The van der Waals surface area contributed by atoms with Gasteiger partial charge >= 0.3 is 0 Å². The number of hydrogen-bond acceptors (Lipinski definition) is 10. The van der Waals surface area contributed by atoms with Crippen LogP contribution in [0.4, 0.5) is 5.95 Å². The summed E-state index contributed by atoms with van der Waals surface area (Å²) in [5.41, 5.74) is 10.4. The highest BCUT2D eigenvalue weighted by atomic mass is 32.2. The Bertz CT molecular complexity index is 2790. The lowest BCUT2D eigenvalue weighted by atomic mass is 9.86. The summed E-state index contributed by atoms with van der Waals surface area (Å²) < 4.78 is 37.6. The van der Waals surface area contributed by atoms with E-state index in [1.807, 2.05) is 37.3 Å². The minimum atomic E-state index is -4.07. The van der Waals surface area contributed by atoms with Gasteiger partial charge in [-0.2, -0.15) is 0 Å². The molecule has 3 atom stereocenters. The zero-order valence-electron chi connectivity index (χ0n) is 37.1. The summed E-state index contributed by atoms with van der Waals surface area (Å²) >= 11 is 0. The van der Waals surface area contributed by atoms with Crippen molar-refractivity contribution < 1.29 is 13.2 Å². The second kappa shape index (κ2) is 16.0. The van der Waals surface area contributed by atoms with E-state index in [1.165, 1.54) is 10.8 Å². The van der Waals surface area contributed by atoms with E-state index < -0.39 is 21.2 Å². The summed E-state index contributed by atoms with van der Waals surface area (Å²) in [5, 5.41) is 1.31. The number of hydrogen-bond donors (Lipinski definition) is 1. The van der Waals surface area contributed by atoms with E-state index in [2.05, 4.69) is 67.5 Å². The van der Waals surface area contributed by atoms with Crippen LogP contribution in [-0.4, -0.2) is 99.2 Å². The Kier molecular flexibility index (Phi) is 10.9. The van der Waals surface area contributed by atoms with E-state index >= 15 is 0 Å². The lowest BCUT2D eigenvalue weighted by Crippen LogP contribution is -2.64. The number of pyridine rings is 1. The molecule has 3 aliphatic rings. The highest BCUT2D eigenvalue weighted by molar-refractivity contribution is 7.90. The van der Waals surface area contributed by atoms with Crippen LogP contribution in [-0.2, 0) is 27.4 Å². The van der Waals surface area contributed by atoms with Crippen molar-refractivity contribution in [1.29, 1.82) is 0 Å². The van der Waals surface area contributed by atoms with Gasteiger partial charge in [0.05, 0.1) is 22.2 Å². The van der Waals surface area contributed by atoms with Gasteiger partial charge in [0.1, 0.15) is 11.1 Å². The quantitative estimate of drug-likeness (QED) is 0.153. The second-order valence-corrected chi connectivity index (χ2v) is 20.7. The molecule has 2 N–H and O–H groups in total. The molecule has 1 unspecified atom stereocenters. The van der Waals surface area contributed by atoms with Crippen molar-refractivity contribution in [3.05, 3.63) is 118 Å². The molecular weight excluding hydrogens is 797 g/mol. The number of nitrogens with two attached hydrogens (primary N) is 1. The first-order valence-electron chi connectivity index (χ1n) is 22.2. The van der Waals surface area contributed by atoms with Crippen molar-refractivity contribution in [2.45, 2.75) is 107 Å². The van der Waals surface area contributed by atoms with Gasteiger partial charge in [-0.15, -0.1) is 0 Å². The first-order valence-corrected chi connectivity index (χ1v) is 23.6. The Labute approximate surface area is 365 Å². The molecule has 0 spiro atoms. The molecule has 62 heavy (non-hydrogen) atoms. The molecule has 3 fully saturated rings. The fraction of sp³-hybridized carbons (Fsp3) is 0.449. The summed E-state index contributed by atoms with van der Waals surface area (Å²) in [6.45, 7) is 17.5. The fourth-order valence-electron chi connectivity index (χ4n) is 10.0. The highest BCUT2D eigenvalue weighted by Gasteiger charge is 2.44. The number of benzene rings is 3. The van der Waals surface area contributed by atoms with Gasteiger partial charge < -0.3 is 19.9 Å². The largest absolute Gasteiger partial charge is 0.359 e. The number of anilines is 1. The molecule has 2 aliphatic heterocycles. The lowest BCUT2D eigenvalue weighted by molar-refractivity contribution is -0.0332. The van der Waals surface area contributed by atoms with Crippen LogP contribution in [0.5, 0.6) is 0 Å². The van der Waals surface area contributed by atoms with Gasteiger partial charge in [0.15, 0.2) is 0 Å². The van der Waals surface area contributed by atoms with E-state index in [9.17, 15) is 13.2 Å². The number of rotatable bonds is 10. The normalized spacial score (nSPS) is 20.9. The summed E-state index contributed by atoms with van der Waals surface area (Å²) in [6, 6.07) is 26.0. The lowest BCUT2D eigenvalue weighted by Gasteiger charge is -2.53. The van der Waals surface area contributed by atoms with Crippen LogP contribution in [0.15, 0.2) is 101 Å². The van der Waals surface area contributed by atoms with Crippen molar-refractivity contribution in [3.8, 4) is 11.1 Å². The highest BCUT2D eigenvalue weighted by Crippen LogP contribution is 2.43. The molecule has 0 radical (unpaired) electrons. The number of piperazine rings is 1. The summed E-state index contributed by atoms with van der Waals surface area (Å²) in [7, 11) is -2.42. The first kappa shape index (κ1) is 42.4. The van der Waals surface area contributed by atoms with E-state index in [-0.39, 0.29) is 28.6 Å². The minimum Gasteiger partial charge on any atom is -0.359 e. The molecule has 13 heteroatoms. The molecule has 326 valence electrons. The average molecular weight is 857 g/mol. The van der Waals surface area contributed by atoms with Crippen LogP contribution in [0.2, 0.25) is 0 Å². The number of aryl methyl sites for hydroxylation is 2. The molecule has 6 aromatic rings. The van der Waals surface area contributed by atoms with Crippen molar-refractivity contribution in [2.75, 3.05) is 37.6 Å². The van der Waals surface area contributed by atoms with E-state index in [1.54, 1.807) is 43.6 Å². The Balaban J connectivity index is 1.14. The number of nitrogens with zero attached hydrogens (tertiary/aromatic N) is 7. The third-order valence-corrected chi connectivity index (χ3v) is 15.2. The summed E-state index contributed by atoms with van der Waals surface area (Å²) in [5.74, 6) is 0.661. The van der Waals surface area contributed by atoms with Crippen molar-refractivity contribution in [2.24, 2.45) is 12.8 Å². The predicted molar refractivity (Wildman–Crippen MR) is 247 cm³/mol. The van der Waals surface area contributed by atoms with Gasteiger partial charge in [-0.25, -0.2) is 22.4 Å². The Morgan fingerprint density at radius 1 is 0.855 bits per heavy atom. The smallest absolute Gasteiger partial charge is 0.275 e. The summed E-state index contributed by atoms with van der Waals surface area (Å²) in [6.07, 6.45) is 7.22. The van der Waals surface area contributed by atoms with Crippen molar-refractivity contribution in [1.82, 2.24) is 28.3 Å². The Morgan fingerprint density at radius 3 is 2.23 bits per heavy atom. The monoisotopic (exact) mass is 856 g/mol. The molecule has 1 aliphatic carbocycles. The van der Waals surface area contributed by atoms with Crippen LogP contribution in [0.3, 0.4) is 0 Å². The van der Waals surface area contributed by atoms with Crippen LogP contribution >= 0.6 is 0 Å². The molecule has 0 bridgehead atoms. The fourth-order valence-corrected chi connectivity index (χ4v) is 11.4. The maximum absolute atomic E-state index is 14.0. The third kappa shape index (κ3) is 7.55. The second-order valence-electron chi connectivity index (χ2n) is 18.9. The SMILES string of the molecule is Cc1ccc(S(=O)(=O)n2ccc3c(-c4ccc5nc(N6CCC(N7C[C@@H](C)N(C(C)(C)C)C[C@@H]7C)CC6)nc(C(CN)(OC6CC6)c6ccccc6)c5c4)cn(C)c(=O)c32)cc1. The maximum Gasteiger partial charge on any atom is 0.275 e. The predicted octanol–water partition coefficient (Wildman–Crippen LogP) is 7.04. The van der Waals surface area contributed by atoms with Crippen molar-refractivity contribution >= 4 is 37.8 Å². The Morgan fingerprint density at radius 2 is 1.56 bits per heavy atom. The number of fused-ring (bicyclic) bond motifs is 2. The number of aromatic nitrogens is 4. The number of ether oxygens (including phenoxy) is 1. The molecule has 1 saturated carbocycles. The van der Waals surface area contributed by atoms with Gasteiger partial charge in [-0.3, -0.25) is 14.6 Å². The van der Waals surface area contributed by atoms with E-state index in [0.29, 0.717) is 40.7 Å². The zero-order chi connectivity index (χ0) is 43.7. The Hall–Kier alpha value is -4.92. The minimum absolute atomic E-state index is 0.0489.